The Labute approximate surface area is 171 Å². The van der Waals surface area contributed by atoms with Gasteiger partial charge in [0.25, 0.3) is 0 Å². The molecule has 0 atom stereocenters. The third-order valence-electron chi connectivity index (χ3n) is 4.15. The second kappa shape index (κ2) is 9.51. The molecule has 1 amide bonds. The van der Waals surface area contributed by atoms with Gasteiger partial charge in [-0.3, -0.25) is 4.79 Å². The Morgan fingerprint density at radius 1 is 1.14 bits per heavy atom. The van der Waals surface area contributed by atoms with E-state index in [-0.39, 0.29) is 17.4 Å². The number of hydrogen-bond acceptors (Lipinski definition) is 5. The molecule has 0 spiro atoms. The van der Waals surface area contributed by atoms with Crippen molar-refractivity contribution in [2.75, 3.05) is 11.1 Å². The van der Waals surface area contributed by atoms with Crippen molar-refractivity contribution in [1.82, 2.24) is 14.8 Å². The number of aryl methyl sites for hydroxylation is 1. The predicted molar refractivity (Wildman–Crippen MR) is 108 cm³/mol. The summed E-state index contributed by atoms with van der Waals surface area (Å²) in [6.45, 7) is -0.792. The number of rotatable bonds is 8. The van der Waals surface area contributed by atoms with Crippen LogP contribution in [0.15, 0.2) is 53.7 Å². The molecule has 3 rings (SSSR count). The molecule has 1 heterocycles. The summed E-state index contributed by atoms with van der Waals surface area (Å²) >= 11 is 1.26. The summed E-state index contributed by atoms with van der Waals surface area (Å²) in [5.74, 6) is 0.677. The second-order valence-corrected chi connectivity index (χ2v) is 7.10. The smallest absolute Gasteiger partial charge is 0.387 e. The number of anilines is 1. The standard InChI is InChI=1S/C20H20F2N4O2S/c1-3-13-4-8-15(9-5-13)23-17(27)12-29-20-25-24-18(26(20)2)14-6-10-16(11-7-14)28-19(21)22/h4-11,19H,3,12H2,1-2H3,(H,23,27). The summed E-state index contributed by atoms with van der Waals surface area (Å²) in [4.78, 5) is 12.2. The van der Waals surface area contributed by atoms with Crippen LogP contribution in [0, 0.1) is 0 Å². The van der Waals surface area contributed by atoms with E-state index in [0.29, 0.717) is 16.5 Å². The van der Waals surface area contributed by atoms with Crippen LogP contribution in [-0.2, 0) is 18.3 Å². The third kappa shape index (κ3) is 5.54. The maximum atomic E-state index is 12.2. The van der Waals surface area contributed by atoms with E-state index in [4.69, 9.17) is 0 Å². The van der Waals surface area contributed by atoms with E-state index in [2.05, 4.69) is 27.2 Å². The molecular formula is C20H20F2N4O2S. The summed E-state index contributed by atoms with van der Waals surface area (Å²) in [6, 6.07) is 13.9. The van der Waals surface area contributed by atoms with E-state index in [0.717, 1.165) is 12.1 Å². The van der Waals surface area contributed by atoms with Gasteiger partial charge in [-0.05, 0) is 48.4 Å². The first-order valence-electron chi connectivity index (χ1n) is 8.92. The van der Waals surface area contributed by atoms with Crippen LogP contribution in [-0.4, -0.2) is 33.0 Å². The average Bonchev–Trinajstić information content (AvgIpc) is 3.07. The van der Waals surface area contributed by atoms with Crippen LogP contribution in [0.25, 0.3) is 11.4 Å². The molecule has 0 saturated heterocycles. The van der Waals surface area contributed by atoms with Crippen LogP contribution in [0.2, 0.25) is 0 Å². The molecule has 0 aliphatic rings. The van der Waals surface area contributed by atoms with E-state index in [9.17, 15) is 13.6 Å². The molecule has 2 aromatic carbocycles. The lowest BCUT2D eigenvalue weighted by Crippen LogP contribution is -2.14. The number of ether oxygens (including phenoxy) is 1. The number of alkyl halides is 2. The fraction of sp³-hybridized carbons (Fsp3) is 0.250. The van der Waals surface area contributed by atoms with Gasteiger partial charge in [0.15, 0.2) is 11.0 Å². The number of thioether (sulfide) groups is 1. The van der Waals surface area contributed by atoms with Gasteiger partial charge < -0.3 is 14.6 Å². The van der Waals surface area contributed by atoms with Gasteiger partial charge >= 0.3 is 6.61 Å². The number of amides is 1. The Balaban J connectivity index is 1.59. The Hall–Kier alpha value is -2.94. The molecule has 0 fully saturated rings. The molecule has 1 aromatic heterocycles. The minimum atomic E-state index is -2.87. The predicted octanol–water partition coefficient (Wildman–Crippen LogP) is 4.38. The molecule has 3 aromatic rings. The van der Waals surface area contributed by atoms with Crippen LogP contribution in [0.3, 0.4) is 0 Å². The first-order chi connectivity index (χ1) is 14.0. The van der Waals surface area contributed by atoms with E-state index >= 15 is 0 Å². The van der Waals surface area contributed by atoms with Crippen molar-refractivity contribution in [3.05, 3.63) is 54.1 Å². The third-order valence-corrected chi connectivity index (χ3v) is 5.17. The van der Waals surface area contributed by atoms with Gasteiger partial charge in [-0.1, -0.05) is 30.8 Å². The average molecular weight is 418 g/mol. The highest BCUT2D eigenvalue weighted by atomic mass is 32.2. The van der Waals surface area contributed by atoms with Crippen LogP contribution in [0.4, 0.5) is 14.5 Å². The second-order valence-electron chi connectivity index (χ2n) is 6.16. The number of nitrogens with zero attached hydrogens (tertiary/aromatic N) is 3. The number of hydrogen-bond donors (Lipinski definition) is 1. The van der Waals surface area contributed by atoms with Crippen molar-refractivity contribution >= 4 is 23.4 Å². The Morgan fingerprint density at radius 3 is 2.45 bits per heavy atom. The molecule has 0 radical (unpaired) electrons. The normalized spacial score (nSPS) is 10.9. The van der Waals surface area contributed by atoms with Crippen LogP contribution >= 0.6 is 11.8 Å². The van der Waals surface area contributed by atoms with Gasteiger partial charge in [-0.15, -0.1) is 10.2 Å². The van der Waals surface area contributed by atoms with E-state index in [1.807, 2.05) is 24.3 Å². The Morgan fingerprint density at radius 2 is 1.83 bits per heavy atom. The van der Waals surface area contributed by atoms with Gasteiger partial charge in [0, 0.05) is 18.3 Å². The zero-order valence-electron chi connectivity index (χ0n) is 15.9. The first-order valence-corrected chi connectivity index (χ1v) is 9.91. The lowest BCUT2D eigenvalue weighted by atomic mass is 10.1. The van der Waals surface area contributed by atoms with E-state index in [1.165, 1.54) is 29.5 Å². The summed E-state index contributed by atoms with van der Waals surface area (Å²) in [7, 11) is 1.78. The molecule has 0 saturated carbocycles. The molecule has 1 N–H and O–H groups in total. The minimum Gasteiger partial charge on any atom is -0.435 e. The highest BCUT2D eigenvalue weighted by Gasteiger charge is 2.14. The van der Waals surface area contributed by atoms with E-state index < -0.39 is 6.61 Å². The van der Waals surface area contributed by atoms with Crippen molar-refractivity contribution in [2.45, 2.75) is 25.1 Å². The zero-order chi connectivity index (χ0) is 20.8. The minimum absolute atomic E-state index is 0.0733. The van der Waals surface area contributed by atoms with Gasteiger partial charge in [-0.25, -0.2) is 0 Å². The van der Waals surface area contributed by atoms with Gasteiger partial charge in [0.2, 0.25) is 5.91 Å². The van der Waals surface area contributed by atoms with Crippen molar-refractivity contribution in [3.63, 3.8) is 0 Å². The number of nitrogens with one attached hydrogen (secondary N) is 1. The maximum Gasteiger partial charge on any atom is 0.387 e. The molecule has 6 nitrogen and oxygen atoms in total. The summed E-state index contributed by atoms with van der Waals surface area (Å²) < 4.78 is 30.6. The Bertz CT molecular complexity index is 960. The number of carbonyl (C=O) groups excluding carboxylic acids is 1. The number of aromatic nitrogens is 3. The highest BCUT2D eigenvalue weighted by Crippen LogP contribution is 2.25. The summed E-state index contributed by atoms with van der Waals surface area (Å²) in [5.41, 5.74) is 2.66. The molecule has 9 heteroatoms. The van der Waals surface area contributed by atoms with Crippen molar-refractivity contribution in [2.24, 2.45) is 7.05 Å². The molecule has 0 aliphatic carbocycles. The fourth-order valence-corrected chi connectivity index (χ4v) is 3.34. The van der Waals surface area contributed by atoms with Gasteiger partial charge in [0.05, 0.1) is 5.75 Å². The topological polar surface area (TPSA) is 69.0 Å². The van der Waals surface area contributed by atoms with E-state index in [1.54, 1.807) is 23.7 Å². The zero-order valence-corrected chi connectivity index (χ0v) is 16.7. The first kappa shape index (κ1) is 20.8. The summed E-state index contributed by atoms with van der Waals surface area (Å²) in [6.07, 6.45) is 0.945. The number of benzene rings is 2. The molecule has 0 aliphatic heterocycles. The Kier molecular flexibility index (Phi) is 6.82. The van der Waals surface area contributed by atoms with Crippen LogP contribution in [0.5, 0.6) is 5.75 Å². The maximum absolute atomic E-state index is 12.2. The monoisotopic (exact) mass is 418 g/mol. The van der Waals surface area contributed by atoms with Gasteiger partial charge in [0.1, 0.15) is 5.75 Å². The van der Waals surface area contributed by atoms with Crippen LogP contribution in [0.1, 0.15) is 12.5 Å². The number of halogens is 2. The molecule has 0 unspecified atom stereocenters. The molecular weight excluding hydrogens is 398 g/mol. The van der Waals surface area contributed by atoms with Crippen LogP contribution < -0.4 is 10.1 Å². The van der Waals surface area contributed by atoms with Crippen molar-refractivity contribution in [3.8, 4) is 17.1 Å². The van der Waals surface area contributed by atoms with Crippen molar-refractivity contribution < 1.29 is 18.3 Å². The lowest BCUT2D eigenvalue weighted by Gasteiger charge is -2.07. The van der Waals surface area contributed by atoms with Gasteiger partial charge in [-0.2, -0.15) is 8.78 Å². The highest BCUT2D eigenvalue weighted by molar-refractivity contribution is 7.99. The molecule has 29 heavy (non-hydrogen) atoms. The molecule has 0 bridgehead atoms. The SMILES string of the molecule is CCc1ccc(NC(=O)CSc2nnc(-c3ccc(OC(F)F)cc3)n2C)cc1. The fourth-order valence-electron chi connectivity index (χ4n) is 2.63. The lowest BCUT2D eigenvalue weighted by molar-refractivity contribution is -0.113. The number of carbonyl (C=O) groups is 1. The summed E-state index contributed by atoms with van der Waals surface area (Å²) in [5, 5.41) is 11.7. The molecule has 152 valence electrons. The van der Waals surface area contributed by atoms with Crippen molar-refractivity contribution in [1.29, 1.82) is 0 Å². The largest absolute Gasteiger partial charge is 0.435 e. The quantitative estimate of drug-likeness (QED) is 0.550.